The lowest BCUT2D eigenvalue weighted by atomic mass is 10.1. The van der Waals surface area contributed by atoms with Crippen molar-refractivity contribution >= 4 is 34.4 Å². The summed E-state index contributed by atoms with van der Waals surface area (Å²) < 4.78 is 0. The summed E-state index contributed by atoms with van der Waals surface area (Å²) in [4.78, 5) is 20.2. The summed E-state index contributed by atoms with van der Waals surface area (Å²) in [5, 5.41) is 5.01. The maximum atomic E-state index is 12.2. The highest BCUT2D eigenvalue weighted by Gasteiger charge is 2.15. The first kappa shape index (κ1) is 15.5. The van der Waals surface area contributed by atoms with Crippen LogP contribution in [0.2, 0.25) is 0 Å². The average Bonchev–Trinajstić information content (AvgIpc) is 2.60. The van der Waals surface area contributed by atoms with Crippen LogP contribution in [-0.4, -0.2) is 21.1 Å². The topological polar surface area (TPSA) is 54.9 Å². The van der Waals surface area contributed by atoms with Gasteiger partial charge in [-0.1, -0.05) is 42.5 Å². The standard InChI is InChI=1S/C18H17N3OS/c1-13(17(22)21-18-19-10-5-11-20-18)23-12-15-8-4-7-14-6-2-3-9-16(14)15/h2-11,13H,12H2,1H3,(H,19,20,21,22)/t13-/m1/s1. The van der Waals surface area contributed by atoms with E-state index in [1.54, 1.807) is 30.2 Å². The third-order valence-electron chi connectivity index (χ3n) is 3.54. The highest BCUT2D eigenvalue weighted by atomic mass is 32.2. The van der Waals surface area contributed by atoms with Crippen molar-refractivity contribution in [2.24, 2.45) is 0 Å². The lowest BCUT2D eigenvalue weighted by molar-refractivity contribution is -0.115. The molecule has 0 saturated heterocycles. The Morgan fingerprint density at radius 1 is 1.09 bits per heavy atom. The predicted octanol–water partition coefficient (Wildman–Crippen LogP) is 3.89. The van der Waals surface area contributed by atoms with Gasteiger partial charge in [-0.2, -0.15) is 0 Å². The maximum absolute atomic E-state index is 12.2. The highest BCUT2D eigenvalue weighted by Crippen LogP contribution is 2.25. The smallest absolute Gasteiger partial charge is 0.239 e. The molecule has 0 spiro atoms. The summed E-state index contributed by atoms with van der Waals surface area (Å²) in [7, 11) is 0. The minimum Gasteiger partial charge on any atom is -0.294 e. The number of benzene rings is 2. The summed E-state index contributed by atoms with van der Waals surface area (Å²) >= 11 is 1.60. The molecule has 116 valence electrons. The number of carbonyl (C=O) groups is 1. The van der Waals surface area contributed by atoms with E-state index in [4.69, 9.17) is 0 Å². The number of anilines is 1. The fourth-order valence-corrected chi connectivity index (χ4v) is 3.18. The van der Waals surface area contributed by atoms with Gasteiger partial charge < -0.3 is 0 Å². The largest absolute Gasteiger partial charge is 0.294 e. The first-order valence-electron chi connectivity index (χ1n) is 7.40. The molecule has 1 aromatic heterocycles. The monoisotopic (exact) mass is 323 g/mol. The molecular formula is C18H17N3OS. The minimum atomic E-state index is -0.183. The van der Waals surface area contributed by atoms with E-state index in [0.717, 1.165) is 5.75 Å². The van der Waals surface area contributed by atoms with Crippen LogP contribution in [0.15, 0.2) is 60.9 Å². The van der Waals surface area contributed by atoms with Crippen LogP contribution in [0.1, 0.15) is 12.5 Å². The molecule has 0 aliphatic heterocycles. The van der Waals surface area contributed by atoms with Crippen LogP contribution in [0, 0.1) is 0 Å². The molecule has 1 atom stereocenters. The van der Waals surface area contributed by atoms with Gasteiger partial charge in [0.2, 0.25) is 11.9 Å². The van der Waals surface area contributed by atoms with Crippen LogP contribution >= 0.6 is 11.8 Å². The zero-order valence-corrected chi connectivity index (χ0v) is 13.6. The van der Waals surface area contributed by atoms with E-state index in [0.29, 0.717) is 5.95 Å². The van der Waals surface area contributed by atoms with Crippen molar-refractivity contribution in [2.45, 2.75) is 17.9 Å². The first-order chi connectivity index (χ1) is 11.2. The van der Waals surface area contributed by atoms with Gasteiger partial charge in [0.1, 0.15) is 0 Å². The number of thioether (sulfide) groups is 1. The molecule has 3 rings (SSSR count). The van der Waals surface area contributed by atoms with Crippen LogP contribution in [0.5, 0.6) is 0 Å². The second kappa shape index (κ2) is 7.24. The molecule has 0 aliphatic carbocycles. The van der Waals surface area contributed by atoms with Gasteiger partial charge in [-0.3, -0.25) is 10.1 Å². The van der Waals surface area contributed by atoms with Crippen LogP contribution < -0.4 is 5.32 Å². The van der Waals surface area contributed by atoms with E-state index >= 15 is 0 Å². The van der Waals surface area contributed by atoms with Gasteiger partial charge in [0.15, 0.2) is 0 Å². The van der Waals surface area contributed by atoms with Crippen molar-refractivity contribution in [3.8, 4) is 0 Å². The van der Waals surface area contributed by atoms with E-state index in [1.807, 2.05) is 19.1 Å². The molecule has 1 amide bonds. The Morgan fingerprint density at radius 3 is 2.65 bits per heavy atom. The molecule has 0 radical (unpaired) electrons. The van der Waals surface area contributed by atoms with Crippen molar-refractivity contribution in [1.82, 2.24) is 9.97 Å². The third-order valence-corrected chi connectivity index (χ3v) is 4.73. The molecule has 0 aliphatic rings. The van der Waals surface area contributed by atoms with Crippen molar-refractivity contribution < 1.29 is 4.79 Å². The van der Waals surface area contributed by atoms with Gasteiger partial charge in [-0.05, 0) is 29.3 Å². The molecule has 0 unspecified atom stereocenters. The normalized spacial score (nSPS) is 12.0. The Kier molecular flexibility index (Phi) is 4.88. The van der Waals surface area contributed by atoms with Crippen molar-refractivity contribution in [3.63, 3.8) is 0 Å². The number of carbonyl (C=O) groups excluding carboxylic acids is 1. The second-order valence-corrected chi connectivity index (χ2v) is 6.48. The van der Waals surface area contributed by atoms with Gasteiger partial charge in [0, 0.05) is 18.1 Å². The Labute approximate surface area is 139 Å². The van der Waals surface area contributed by atoms with E-state index < -0.39 is 0 Å². The van der Waals surface area contributed by atoms with Crippen LogP contribution in [0.25, 0.3) is 10.8 Å². The Hall–Kier alpha value is -2.40. The van der Waals surface area contributed by atoms with Gasteiger partial charge in [0.05, 0.1) is 5.25 Å². The van der Waals surface area contributed by atoms with Crippen LogP contribution in [0.3, 0.4) is 0 Å². The average molecular weight is 323 g/mol. The summed E-state index contributed by atoms with van der Waals surface area (Å²) in [5.41, 5.74) is 1.24. The number of hydrogen-bond acceptors (Lipinski definition) is 4. The molecule has 2 aromatic carbocycles. The zero-order valence-electron chi connectivity index (χ0n) is 12.8. The van der Waals surface area contributed by atoms with Crippen molar-refractivity contribution in [3.05, 3.63) is 66.5 Å². The highest BCUT2D eigenvalue weighted by molar-refractivity contribution is 7.99. The molecule has 4 nitrogen and oxygen atoms in total. The van der Waals surface area contributed by atoms with Gasteiger partial charge in [0.25, 0.3) is 0 Å². The second-order valence-electron chi connectivity index (χ2n) is 5.15. The molecule has 0 fully saturated rings. The Bertz CT molecular complexity index is 802. The first-order valence-corrected chi connectivity index (χ1v) is 8.45. The van der Waals surface area contributed by atoms with E-state index in [-0.39, 0.29) is 11.2 Å². The van der Waals surface area contributed by atoms with Gasteiger partial charge in [-0.15, -0.1) is 11.8 Å². The number of amides is 1. The van der Waals surface area contributed by atoms with Gasteiger partial charge >= 0.3 is 0 Å². The molecule has 3 aromatic rings. The van der Waals surface area contributed by atoms with E-state index in [2.05, 4.69) is 45.6 Å². The van der Waals surface area contributed by atoms with Gasteiger partial charge in [-0.25, -0.2) is 9.97 Å². The minimum absolute atomic E-state index is 0.0820. The molecule has 23 heavy (non-hydrogen) atoms. The zero-order chi connectivity index (χ0) is 16.1. The molecule has 1 N–H and O–H groups in total. The number of hydrogen-bond donors (Lipinski definition) is 1. The number of fused-ring (bicyclic) bond motifs is 1. The van der Waals surface area contributed by atoms with Crippen LogP contribution in [-0.2, 0) is 10.5 Å². The number of rotatable bonds is 5. The SMILES string of the molecule is C[C@@H](SCc1cccc2ccccc12)C(=O)Nc1ncccn1. The number of nitrogens with one attached hydrogen (secondary N) is 1. The summed E-state index contributed by atoms with van der Waals surface area (Å²) in [6.07, 6.45) is 3.22. The third kappa shape index (κ3) is 3.87. The van der Waals surface area contributed by atoms with Crippen LogP contribution in [0.4, 0.5) is 5.95 Å². The molecule has 1 heterocycles. The summed E-state index contributed by atoms with van der Waals surface area (Å²) in [5.74, 6) is 1.04. The fraction of sp³-hybridized carbons (Fsp3) is 0.167. The Balaban J connectivity index is 1.64. The number of nitrogens with zero attached hydrogens (tertiary/aromatic N) is 2. The van der Waals surface area contributed by atoms with Crippen molar-refractivity contribution in [2.75, 3.05) is 5.32 Å². The molecule has 5 heteroatoms. The van der Waals surface area contributed by atoms with E-state index in [9.17, 15) is 4.79 Å². The quantitative estimate of drug-likeness (QED) is 0.774. The summed E-state index contributed by atoms with van der Waals surface area (Å²) in [6, 6.07) is 16.3. The molecular weight excluding hydrogens is 306 g/mol. The molecule has 0 bridgehead atoms. The Morgan fingerprint density at radius 2 is 1.83 bits per heavy atom. The van der Waals surface area contributed by atoms with Crippen molar-refractivity contribution in [1.29, 1.82) is 0 Å². The maximum Gasteiger partial charge on any atom is 0.239 e. The fourth-order valence-electron chi connectivity index (χ4n) is 2.28. The lowest BCUT2D eigenvalue weighted by Gasteiger charge is -2.12. The predicted molar refractivity (Wildman–Crippen MR) is 95.4 cm³/mol. The summed E-state index contributed by atoms with van der Waals surface area (Å²) in [6.45, 7) is 1.90. The number of aromatic nitrogens is 2. The molecule has 0 saturated carbocycles. The van der Waals surface area contributed by atoms with E-state index in [1.165, 1.54) is 16.3 Å². The lowest BCUT2D eigenvalue weighted by Crippen LogP contribution is -2.23.